The van der Waals surface area contributed by atoms with Gasteiger partial charge >= 0.3 is 0 Å². The van der Waals surface area contributed by atoms with E-state index in [1.807, 2.05) is 6.07 Å². The summed E-state index contributed by atoms with van der Waals surface area (Å²) in [6, 6.07) is 2.00. The second kappa shape index (κ2) is 4.29. The van der Waals surface area contributed by atoms with Crippen molar-refractivity contribution >= 4 is 0 Å². The smallest absolute Gasteiger partial charge is 0.278 e. The molecule has 2 N–H and O–H groups in total. The zero-order chi connectivity index (χ0) is 11.7. The molecule has 3 rings (SSSR count). The zero-order valence-electron chi connectivity index (χ0n) is 9.73. The van der Waals surface area contributed by atoms with Crippen LogP contribution < -0.4 is 5.32 Å². The molecule has 2 aromatic heterocycles. The maximum atomic E-state index is 5.09. The van der Waals surface area contributed by atoms with Gasteiger partial charge in [-0.3, -0.25) is 5.10 Å². The van der Waals surface area contributed by atoms with Crippen molar-refractivity contribution in [2.24, 2.45) is 0 Å². The van der Waals surface area contributed by atoms with E-state index in [1.54, 1.807) is 6.92 Å². The molecule has 1 atom stereocenters. The van der Waals surface area contributed by atoms with Gasteiger partial charge in [-0.1, -0.05) is 5.16 Å². The van der Waals surface area contributed by atoms with Crippen molar-refractivity contribution < 1.29 is 4.52 Å². The van der Waals surface area contributed by atoms with E-state index < -0.39 is 0 Å². The molecular formula is C11H15N5O. The molecule has 1 aliphatic rings. The molecular weight excluding hydrogens is 218 g/mol. The lowest BCUT2D eigenvalue weighted by molar-refractivity contribution is 0.424. The highest BCUT2D eigenvalue weighted by Gasteiger charge is 2.19. The lowest BCUT2D eigenvalue weighted by atomic mass is 9.96. The fourth-order valence-electron chi connectivity index (χ4n) is 2.17. The molecule has 17 heavy (non-hydrogen) atoms. The number of aryl methyl sites for hydroxylation is 1. The summed E-state index contributed by atoms with van der Waals surface area (Å²) >= 11 is 0. The van der Waals surface area contributed by atoms with E-state index in [0.29, 0.717) is 17.6 Å². The van der Waals surface area contributed by atoms with E-state index in [1.165, 1.54) is 12.8 Å². The second-order valence-corrected chi connectivity index (χ2v) is 4.40. The Bertz CT molecular complexity index is 497. The highest BCUT2D eigenvalue weighted by Crippen LogP contribution is 2.24. The third-order valence-corrected chi connectivity index (χ3v) is 3.08. The zero-order valence-corrected chi connectivity index (χ0v) is 9.73. The van der Waals surface area contributed by atoms with Crippen LogP contribution in [0.15, 0.2) is 10.6 Å². The number of H-pyrrole nitrogens is 1. The maximum Gasteiger partial charge on any atom is 0.278 e. The fraction of sp³-hybridized carbons (Fsp3) is 0.545. The Hall–Kier alpha value is -1.69. The van der Waals surface area contributed by atoms with Gasteiger partial charge in [0.1, 0.15) is 0 Å². The molecule has 1 unspecified atom stereocenters. The highest BCUT2D eigenvalue weighted by atomic mass is 16.5. The van der Waals surface area contributed by atoms with E-state index in [-0.39, 0.29) is 0 Å². The standard InChI is InChI=1S/C11H15N5O/c1-7-13-11(17-16-7)10-5-9(14-15-10)8-3-2-4-12-6-8/h5,8,12H,2-4,6H2,1H3,(H,14,15). The predicted octanol–water partition coefficient (Wildman–Crippen LogP) is 1.24. The van der Waals surface area contributed by atoms with Gasteiger partial charge in [0.2, 0.25) is 0 Å². The first kappa shape index (κ1) is 10.5. The number of hydrogen-bond donors (Lipinski definition) is 2. The Balaban J connectivity index is 1.82. The minimum Gasteiger partial charge on any atom is -0.332 e. The van der Waals surface area contributed by atoms with Crippen molar-refractivity contribution in [1.29, 1.82) is 0 Å². The van der Waals surface area contributed by atoms with Crippen molar-refractivity contribution in [2.75, 3.05) is 13.1 Å². The van der Waals surface area contributed by atoms with E-state index in [2.05, 4.69) is 25.7 Å². The van der Waals surface area contributed by atoms with Gasteiger partial charge in [0.25, 0.3) is 5.89 Å². The summed E-state index contributed by atoms with van der Waals surface area (Å²) in [7, 11) is 0. The number of aromatic nitrogens is 4. The molecule has 0 amide bonds. The average molecular weight is 233 g/mol. The number of rotatable bonds is 2. The molecule has 0 aromatic carbocycles. The topological polar surface area (TPSA) is 79.6 Å². The summed E-state index contributed by atoms with van der Waals surface area (Å²) < 4.78 is 5.09. The van der Waals surface area contributed by atoms with Crippen molar-refractivity contribution in [3.05, 3.63) is 17.6 Å². The Morgan fingerprint density at radius 2 is 2.41 bits per heavy atom. The first-order chi connectivity index (χ1) is 8.33. The molecule has 0 aliphatic carbocycles. The van der Waals surface area contributed by atoms with Crippen LogP contribution in [-0.2, 0) is 0 Å². The third kappa shape index (κ3) is 2.08. The quantitative estimate of drug-likeness (QED) is 0.815. The molecule has 0 bridgehead atoms. The van der Waals surface area contributed by atoms with Crippen LogP contribution in [0.1, 0.15) is 30.3 Å². The summed E-state index contributed by atoms with van der Waals surface area (Å²) in [4.78, 5) is 4.16. The van der Waals surface area contributed by atoms with Gasteiger partial charge in [-0.2, -0.15) is 10.1 Å². The van der Waals surface area contributed by atoms with Crippen LogP contribution in [0.5, 0.6) is 0 Å². The molecule has 0 saturated carbocycles. The number of nitrogens with one attached hydrogen (secondary N) is 2. The summed E-state index contributed by atoms with van der Waals surface area (Å²) in [6.45, 7) is 3.91. The molecule has 0 spiro atoms. The van der Waals surface area contributed by atoms with Crippen molar-refractivity contribution in [2.45, 2.75) is 25.7 Å². The molecule has 1 aliphatic heterocycles. The lowest BCUT2D eigenvalue weighted by Crippen LogP contribution is -2.28. The van der Waals surface area contributed by atoms with Gasteiger partial charge < -0.3 is 9.84 Å². The molecule has 2 aromatic rings. The van der Waals surface area contributed by atoms with Crippen LogP contribution in [0.2, 0.25) is 0 Å². The van der Waals surface area contributed by atoms with Gasteiger partial charge in [-0.05, 0) is 32.4 Å². The van der Waals surface area contributed by atoms with Crippen LogP contribution in [0.4, 0.5) is 0 Å². The molecule has 6 heteroatoms. The van der Waals surface area contributed by atoms with Crippen LogP contribution in [0.3, 0.4) is 0 Å². The van der Waals surface area contributed by atoms with Crippen LogP contribution in [0, 0.1) is 6.92 Å². The van der Waals surface area contributed by atoms with Crippen molar-refractivity contribution in [1.82, 2.24) is 25.7 Å². The predicted molar refractivity (Wildman–Crippen MR) is 61.5 cm³/mol. The van der Waals surface area contributed by atoms with Gasteiger partial charge in [0.05, 0.1) is 0 Å². The van der Waals surface area contributed by atoms with E-state index in [9.17, 15) is 0 Å². The maximum absolute atomic E-state index is 5.09. The minimum atomic E-state index is 0.480. The van der Waals surface area contributed by atoms with Crippen molar-refractivity contribution in [3.8, 4) is 11.6 Å². The average Bonchev–Trinajstić information content (AvgIpc) is 2.98. The number of piperidine rings is 1. The third-order valence-electron chi connectivity index (χ3n) is 3.08. The molecule has 0 radical (unpaired) electrons. The SMILES string of the molecule is Cc1noc(-c2cc(C3CCCNC3)[nH]n2)n1. The van der Waals surface area contributed by atoms with Crippen LogP contribution in [-0.4, -0.2) is 33.4 Å². The summed E-state index contributed by atoms with van der Waals surface area (Å²) in [5.41, 5.74) is 1.87. The van der Waals surface area contributed by atoms with E-state index >= 15 is 0 Å². The molecule has 90 valence electrons. The van der Waals surface area contributed by atoms with Crippen LogP contribution >= 0.6 is 0 Å². The summed E-state index contributed by atoms with van der Waals surface area (Å²) in [6.07, 6.45) is 2.40. The van der Waals surface area contributed by atoms with Gasteiger partial charge in [0, 0.05) is 18.2 Å². The molecule has 3 heterocycles. The summed E-state index contributed by atoms with van der Waals surface area (Å²) in [5, 5.41) is 14.4. The first-order valence-electron chi connectivity index (χ1n) is 5.89. The number of aromatic amines is 1. The molecule has 1 fully saturated rings. The van der Waals surface area contributed by atoms with Gasteiger partial charge in [-0.25, -0.2) is 0 Å². The van der Waals surface area contributed by atoms with E-state index in [0.717, 1.165) is 24.5 Å². The van der Waals surface area contributed by atoms with Gasteiger partial charge in [0.15, 0.2) is 11.5 Å². The van der Waals surface area contributed by atoms with E-state index in [4.69, 9.17) is 4.52 Å². The number of nitrogens with zero attached hydrogens (tertiary/aromatic N) is 3. The normalized spacial score (nSPS) is 20.6. The summed E-state index contributed by atoms with van der Waals surface area (Å²) in [5.74, 6) is 1.62. The molecule has 6 nitrogen and oxygen atoms in total. The Morgan fingerprint density at radius 3 is 3.12 bits per heavy atom. The number of hydrogen-bond acceptors (Lipinski definition) is 5. The first-order valence-corrected chi connectivity index (χ1v) is 5.89. The van der Waals surface area contributed by atoms with Crippen molar-refractivity contribution in [3.63, 3.8) is 0 Å². The second-order valence-electron chi connectivity index (χ2n) is 4.40. The lowest BCUT2D eigenvalue weighted by Gasteiger charge is -2.20. The Kier molecular flexibility index (Phi) is 2.64. The molecule has 1 saturated heterocycles. The highest BCUT2D eigenvalue weighted by molar-refractivity contribution is 5.47. The Morgan fingerprint density at radius 1 is 1.47 bits per heavy atom. The largest absolute Gasteiger partial charge is 0.332 e. The van der Waals surface area contributed by atoms with Crippen LogP contribution in [0.25, 0.3) is 11.6 Å². The Labute approximate surface area is 98.8 Å². The minimum absolute atomic E-state index is 0.480. The monoisotopic (exact) mass is 233 g/mol. The fourth-order valence-corrected chi connectivity index (χ4v) is 2.17. The van der Waals surface area contributed by atoms with Gasteiger partial charge in [-0.15, -0.1) is 0 Å².